The number of hydrogen-bond acceptors (Lipinski definition) is 2. The van der Waals surface area contributed by atoms with Crippen molar-refractivity contribution in [1.82, 2.24) is 0 Å². The molecule has 1 atom stereocenters. The van der Waals surface area contributed by atoms with Crippen molar-refractivity contribution in [2.45, 2.75) is 26.3 Å². The Hall–Kier alpha value is -2.01. The molecule has 0 amide bonds. The second kappa shape index (κ2) is 6.18. The fourth-order valence-corrected chi connectivity index (χ4v) is 2.00. The molecular formula is C16H16F3NO. The van der Waals surface area contributed by atoms with Gasteiger partial charge in [0.15, 0.2) is 29.0 Å². The van der Waals surface area contributed by atoms with Gasteiger partial charge in [-0.3, -0.25) is 0 Å². The average Bonchev–Trinajstić information content (AvgIpc) is 2.37. The van der Waals surface area contributed by atoms with E-state index < -0.39 is 23.2 Å². The maximum atomic E-state index is 14.0. The van der Waals surface area contributed by atoms with E-state index in [1.54, 1.807) is 19.9 Å². The smallest absolute Gasteiger partial charge is 0.198 e. The number of benzene rings is 2. The van der Waals surface area contributed by atoms with Gasteiger partial charge in [0.1, 0.15) is 0 Å². The highest BCUT2D eigenvalue weighted by Gasteiger charge is 2.16. The second-order valence-corrected chi connectivity index (χ2v) is 5.11. The van der Waals surface area contributed by atoms with Crippen molar-refractivity contribution in [3.8, 4) is 11.5 Å². The second-order valence-electron chi connectivity index (χ2n) is 5.11. The Balaban J connectivity index is 2.34. The van der Waals surface area contributed by atoms with Gasteiger partial charge in [0.05, 0.1) is 0 Å². The molecule has 112 valence electrons. The first kappa shape index (κ1) is 15.4. The third-order valence-electron chi connectivity index (χ3n) is 2.91. The molecule has 5 heteroatoms. The van der Waals surface area contributed by atoms with Gasteiger partial charge in [-0.1, -0.05) is 6.07 Å². The van der Waals surface area contributed by atoms with Gasteiger partial charge in [0, 0.05) is 6.04 Å². The first-order valence-corrected chi connectivity index (χ1v) is 6.54. The predicted molar refractivity (Wildman–Crippen MR) is 74.9 cm³/mol. The van der Waals surface area contributed by atoms with Crippen molar-refractivity contribution in [2.24, 2.45) is 5.73 Å². The Bertz CT molecular complexity index is 633. The Morgan fingerprint density at radius 3 is 2.24 bits per heavy atom. The molecule has 0 aliphatic rings. The van der Waals surface area contributed by atoms with E-state index in [4.69, 9.17) is 10.5 Å². The number of rotatable bonds is 4. The minimum Gasteiger partial charge on any atom is -0.448 e. The average molecular weight is 295 g/mol. The molecule has 0 aliphatic carbocycles. The van der Waals surface area contributed by atoms with E-state index in [0.29, 0.717) is 12.0 Å². The minimum absolute atomic E-state index is 0.215. The largest absolute Gasteiger partial charge is 0.448 e. The molecule has 2 aromatic carbocycles. The summed E-state index contributed by atoms with van der Waals surface area (Å²) in [6.45, 7) is 3.47. The van der Waals surface area contributed by atoms with Gasteiger partial charge in [-0.25, -0.2) is 13.2 Å². The topological polar surface area (TPSA) is 35.2 Å². The zero-order valence-electron chi connectivity index (χ0n) is 11.8. The summed E-state index contributed by atoms with van der Waals surface area (Å²) < 4.78 is 46.5. The number of aryl methyl sites for hydroxylation is 1. The first-order chi connectivity index (χ1) is 9.86. The molecule has 0 radical (unpaired) electrons. The van der Waals surface area contributed by atoms with Crippen molar-refractivity contribution in [2.75, 3.05) is 0 Å². The van der Waals surface area contributed by atoms with Crippen LogP contribution in [0.15, 0.2) is 30.3 Å². The van der Waals surface area contributed by atoms with Crippen LogP contribution in [0.4, 0.5) is 13.2 Å². The van der Waals surface area contributed by atoms with Crippen LogP contribution in [0.2, 0.25) is 0 Å². The predicted octanol–water partition coefficient (Wildman–Crippen LogP) is 4.09. The van der Waals surface area contributed by atoms with Gasteiger partial charge in [0.2, 0.25) is 0 Å². The molecule has 0 heterocycles. The SMILES string of the molecule is Cc1ccc(F)c(Oc2c(F)cc(CC(C)N)cc2F)c1. The summed E-state index contributed by atoms with van der Waals surface area (Å²) >= 11 is 0. The third-order valence-corrected chi connectivity index (χ3v) is 2.91. The Morgan fingerprint density at radius 1 is 1.05 bits per heavy atom. The molecular weight excluding hydrogens is 279 g/mol. The summed E-state index contributed by atoms with van der Waals surface area (Å²) in [4.78, 5) is 0. The summed E-state index contributed by atoms with van der Waals surface area (Å²) in [6, 6.07) is 6.19. The molecule has 21 heavy (non-hydrogen) atoms. The molecule has 0 aromatic heterocycles. The van der Waals surface area contributed by atoms with Crippen LogP contribution in [-0.4, -0.2) is 6.04 Å². The number of hydrogen-bond donors (Lipinski definition) is 1. The fourth-order valence-electron chi connectivity index (χ4n) is 2.00. The van der Waals surface area contributed by atoms with Crippen LogP contribution in [0.25, 0.3) is 0 Å². The highest BCUT2D eigenvalue weighted by atomic mass is 19.1. The van der Waals surface area contributed by atoms with E-state index in [2.05, 4.69) is 0 Å². The van der Waals surface area contributed by atoms with Gasteiger partial charge >= 0.3 is 0 Å². The van der Waals surface area contributed by atoms with Crippen LogP contribution >= 0.6 is 0 Å². The zero-order chi connectivity index (χ0) is 15.6. The van der Waals surface area contributed by atoms with Crippen LogP contribution in [0.5, 0.6) is 11.5 Å². The molecule has 1 unspecified atom stereocenters. The zero-order valence-corrected chi connectivity index (χ0v) is 11.8. The standard InChI is InChI=1S/C16H16F3NO/c1-9-3-4-12(17)15(5-9)21-16-13(18)7-11(6-10(2)20)8-14(16)19/h3-5,7-8,10H,6,20H2,1-2H3. The van der Waals surface area contributed by atoms with Crippen molar-refractivity contribution >= 4 is 0 Å². The van der Waals surface area contributed by atoms with E-state index in [1.165, 1.54) is 12.1 Å². The van der Waals surface area contributed by atoms with Crippen LogP contribution in [0, 0.1) is 24.4 Å². The highest BCUT2D eigenvalue weighted by Crippen LogP contribution is 2.31. The van der Waals surface area contributed by atoms with E-state index in [0.717, 1.165) is 17.7 Å². The van der Waals surface area contributed by atoms with E-state index >= 15 is 0 Å². The molecule has 2 N–H and O–H groups in total. The van der Waals surface area contributed by atoms with Crippen LogP contribution in [0.3, 0.4) is 0 Å². The van der Waals surface area contributed by atoms with E-state index in [-0.39, 0.29) is 11.8 Å². The van der Waals surface area contributed by atoms with Crippen molar-refractivity contribution in [3.63, 3.8) is 0 Å². The molecule has 2 rings (SSSR count). The van der Waals surface area contributed by atoms with Crippen LogP contribution < -0.4 is 10.5 Å². The van der Waals surface area contributed by atoms with Gasteiger partial charge in [-0.15, -0.1) is 0 Å². The van der Waals surface area contributed by atoms with Crippen molar-refractivity contribution in [3.05, 3.63) is 58.9 Å². The molecule has 2 nitrogen and oxygen atoms in total. The third kappa shape index (κ3) is 3.76. The maximum absolute atomic E-state index is 14.0. The molecule has 2 aromatic rings. The number of halogens is 3. The van der Waals surface area contributed by atoms with Gasteiger partial charge in [-0.2, -0.15) is 0 Å². The minimum atomic E-state index is -0.883. The fraction of sp³-hybridized carbons (Fsp3) is 0.250. The summed E-state index contributed by atoms with van der Waals surface area (Å²) in [7, 11) is 0. The van der Waals surface area contributed by atoms with Crippen molar-refractivity contribution < 1.29 is 17.9 Å². The highest BCUT2D eigenvalue weighted by molar-refractivity contribution is 5.38. The van der Waals surface area contributed by atoms with Gasteiger partial charge < -0.3 is 10.5 Å². The maximum Gasteiger partial charge on any atom is 0.198 e. The van der Waals surface area contributed by atoms with Gasteiger partial charge in [0.25, 0.3) is 0 Å². The quantitative estimate of drug-likeness (QED) is 0.922. The number of ether oxygens (including phenoxy) is 1. The Labute approximate surface area is 121 Å². The monoisotopic (exact) mass is 295 g/mol. The first-order valence-electron chi connectivity index (χ1n) is 6.54. The Morgan fingerprint density at radius 2 is 1.67 bits per heavy atom. The van der Waals surface area contributed by atoms with Gasteiger partial charge in [-0.05, 0) is 55.7 Å². The Kier molecular flexibility index (Phi) is 4.53. The lowest BCUT2D eigenvalue weighted by molar-refractivity contribution is 0.386. The summed E-state index contributed by atoms with van der Waals surface area (Å²) in [5.74, 6) is -3.28. The molecule has 0 spiro atoms. The van der Waals surface area contributed by atoms with E-state index in [1.807, 2.05) is 0 Å². The number of nitrogens with two attached hydrogens (primary N) is 1. The van der Waals surface area contributed by atoms with Crippen molar-refractivity contribution in [1.29, 1.82) is 0 Å². The summed E-state index contributed by atoms with van der Waals surface area (Å²) in [5, 5.41) is 0. The molecule has 0 aliphatic heterocycles. The molecule has 0 bridgehead atoms. The molecule has 0 saturated heterocycles. The molecule has 0 fully saturated rings. The van der Waals surface area contributed by atoms with Crippen LogP contribution in [0.1, 0.15) is 18.1 Å². The molecule has 0 saturated carbocycles. The summed E-state index contributed by atoms with van der Waals surface area (Å²) in [5.41, 5.74) is 6.75. The normalized spacial score (nSPS) is 12.3. The van der Waals surface area contributed by atoms with E-state index in [9.17, 15) is 13.2 Å². The lowest BCUT2D eigenvalue weighted by atomic mass is 10.1. The summed E-state index contributed by atoms with van der Waals surface area (Å²) in [6.07, 6.45) is 0.340. The van der Waals surface area contributed by atoms with Crippen LogP contribution in [-0.2, 0) is 6.42 Å². The lowest BCUT2D eigenvalue weighted by Crippen LogP contribution is -2.18. The lowest BCUT2D eigenvalue weighted by Gasteiger charge is -2.12.